The second kappa shape index (κ2) is 5.32. The summed E-state index contributed by atoms with van der Waals surface area (Å²) in [6.45, 7) is 1.04. The van der Waals surface area contributed by atoms with Gasteiger partial charge < -0.3 is 10.2 Å². The number of amides is 1. The number of nitrogens with one attached hydrogen (secondary N) is 1. The summed E-state index contributed by atoms with van der Waals surface area (Å²) in [4.78, 5) is 20.1. The van der Waals surface area contributed by atoms with Gasteiger partial charge in [0.1, 0.15) is 0 Å². The average Bonchev–Trinajstić information content (AvgIpc) is 2.53. The van der Waals surface area contributed by atoms with Crippen LogP contribution in [0.25, 0.3) is 0 Å². The molecule has 0 bridgehead atoms. The number of carbonyl (C=O) groups is 1. The molecule has 1 fully saturated rings. The summed E-state index contributed by atoms with van der Waals surface area (Å²) in [5.41, 5.74) is -1.01. The minimum atomic E-state index is -4.55. The van der Waals surface area contributed by atoms with Gasteiger partial charge in [0, 0.05) is 32.3 Å². The van der Waals surface area contributed by atoms with Gasteiger partial charge in [-0.1, -0.05) is 0 Å². The van der Waals surface area contributed by atoms with E-state index < -0.39 is 11.9 Å². The van der Waals surface area contributed by atoms with Crippen molar-refractivity contribution in [3.8, 4) is 0 Å². The lowest BCUT2D eigenvalue weighted by Crippen LogP contribution is -2.30. The molecular weight excluding hydrogens is 329 g/mol. The third-order valence-corrected chi connectivity index (χ3v) is 3.18. The van der Waals surface area contributed by atoms with Gasteiger partial charge in [-0.25, -0.2) is 9.97 Å². The van der Waals surface area contributed by atoms with Crippen LogP contribution in [-0.4, -0.2) is 35.5 Å². The largest absolute Gasteiger partial charge is 0.434 e. The summed E-state index contributed by atoms with van der Waals surface area (Å²) in [6, 6.07) is 0. The Morgan fingerprint density at radius 2 is 2.11 bits per heavy atom. The maximum absolute atomic E-state index is 12.7. The molecule has 0 aromatic carbocycles. The fraction of sp³-hybridized carbons (Fsp3) is 0.500. The first-order valence-electron chi connectivity index (χ1n) is 5.49. The Hall–Kier alpha value is -1.38. The molecule has 1 N–H and O–H groups in total. The summed E-state index contributed by atoms with van der Waals surface area (Å²) >= 11 is 2.79. The SMILES string of the molecule is O=C1CCN(c2ncc(Br)c(C(F)(F)F)n2)CCN1. The van der Waals surface area contributed by atoms with Crippen molar-refractivity contribution in [2.24, 2.45) is 0 Å². The van der Waals surface area contributed by atoms with Crippen molar-refractivity contribution in [2.45, 2.75) is 12.6 Å². The van der Waals surface area contributed by atoms with E-state index in [4.69, 9.17) is 0 Å². The van der Waals surface area contributed by atoms with Crippen LogP contribution in [0.5, 0.6) is 0 Å². The molecule has 1 aromatic heterocycles. The Morgan fingerprint density at radius 1 is 1.37 bits per heavy atom. The number of carbonyl (C=O) groups excluding carboxylic acids is 1. The van der Waals surface area contributed by atoms with Crippen LogP contribution in [0.4, 0.5) is 19.1 Å². The Balaban J connectivity index is 2.27. The zero-order chi connectivity index (χ0) is 14.0. The fourth-order valence-electron chi connectivity index (χ4n) is 1.68. The molecule has 0 aliphatic carbocycles. The number of halogens is 4. The summed E-state index contributed by atoms with van der Waals surface area (Å²) < 4.78 is 38.0. The maximum atomic E-state index is 12.7. The average molecular weight is 339 g/mol. The molecule has 2 heterocycles. The Morgan fingerprint density at radius 3 is 2.79 bits per heavy atom. The van der Waals surface area contributed by atoms with E-state index >= 15 is 0 Å². The molecule has 104 valence electrons. The third kappa shape index (κ3) is 3.34. The Kier molecular flexibility index (Phi) is 3.93. The van der Waals surface area contributed by atoms with Crippen LogP contribution in [-0.2, 0) is 11.0 Å². The molecule has 0 spiro atoms. The fourth-order valence-corrected chi connectivity index (χ4v) is 2.09. The molecule has 1 aromatic rings. The first kappa shape index (κ1) is 14.0. The maximum Gasteiger partial charge on any atom is 0.434 e. The number of aromatic nitrogens is 2. The lowest BCUT2D eigenvalue weighted by Gasteiger charge is -2.20. The highest BCUT2D eigenvalue weighted by Gasteiger charge is 2.36. The molecule has 1 saturated heterocycles. The van der Waals surface area contributed by atoms with Crippen molar-refractivity contribution in [1.82, 2.24) is 15.3 Å². The van der Waals surface area contributed by atoms with E-state index in [2.05, 4.69) is 31.2 Å². The van der Waals surface area contributed by atoms with E-state index in [-0.39, 0.29) is 22.7 Å². The quantitative estimate of drug-likeness (QED) is 0.844. The number of hydrogen-bond acceptors (Lipinski definition) is 4. The highest BCUT2D eigenvalue weighted by molar-refractivity contribution is 9.10. The first-order chi connectivity index (χ1) is 8.88. The van der Waals surface area contributed by atoms with E-state index in [0.717, 1.165) is 6.20 Å². The molecule has 2 rings (SSSR count). The van der Waals surface area contributed by atoms with Crippen LogP contribution in [0.2, 0.25) is 0 Å². The molecule has 0 atom stereocenters. The minimum absolute atomic E-state index is 0.0213. The zero-order valence-electron chi connectivity index (χ0n) is 9.67. The second-order valence-electron chi connectivity index (χ2n) is 3.95. The van der Waals surface area contributed by atoms with Gasteiger partial charge in [0.15, 0.2) is 5.69 Å². The molecule has 1 amide bonds. The Labute approximate surface area is 115 Å². The van der Waals surface area contributed by atoms with Crippen LogP contribution in [0.15, 0.2) is 10.7 Å². The van der Waals surface area contributed by atoms with E-state index in [0.29, 0.717) is 19.6 Å². The molecule has 0 unspecified atom stereocenters. The number of alkyl halides is 3. The van der Waals surface area contributed by atoms with Gasteiger partial charge in [0.05, 0.1) is 4.47 Å². The number of rotatable bonds is 1. The highest BCUT2D eigenvalue weighted by atomic mass is 79.9. The van der Waals surface area contributed by atoms with Gasteiger partial charge in [-0.3, -0.25) is 4.79 Å². The van der Waals surface area contributed by atoms with Gasteiger partial charge in [-0.05, 0) is 15.9 Å². The highest BCUT2D eigenvalue weighted by Crippen LogP contribution is 2.33. The van der Waals surface area contributed by atoms with Gasteiger partial charge in [-0.2, -0.15) is 13.2 Å². The van der Waals surface area contributed by atoms with Gasteiger partial charge in [0.25, 0.3) is 0 Å². The predicted molar refractivity (Wildman–Crippen MR) is 64.6 cm³/mol. The summed E-state index contributed by atoms with van der Waals surface area (Å²) in [5, 5.41) is 2.63. The zero-order valence-corrected chi connectivity index (χ0v) is 11.3. The first-order valence-corrected chi connectivity index (χ1v) is 6.28. The summed E-state index contributed by atoms with van der Waals surface area (Å²) in [7, 11) is 0. The number of nitrogens with zero attached hydrogens (tertiary/aromatic N) is 3. The number of anilines is 1. The molecule has 1 aliphatic heterocycles. The van der Waals surface area contributed by atoms with Crippen molar-refractivity contribution in [3.63, 3.8) is 0 Å². The topological polar surface area (TPSA) is 58.1 Å². The van der Waals surface area contributed by atoms with Crippen molar-refractivity contribution in [1.29, 1.82) is 0 Å². The van der Waals surface area contributed by atoms with Crippen LogP contribution in [0.1, 0.15) is 12.1 Å². The van der Waals surface area contributed by atoms with Gasteiger partial charge in [0.2, 0.25) is 11.9 Å². The van der Waals surface area contributed by atoms with E-state index in [9.17, 15) is 18.0 Å². The molecule has 19 heavy (non-hydrogen) atoms. The van der Waals surface area contributed by atoms with Crippen molar-refractivity contribution >= 4 is 27.8 Å². The van der Waals surface area contributed by atoms with Crippen molar-refractivity contribution < 1.29 is 18.0 Å². The van der Waals surface area contributed by atoms with Gasteiger partial charge >= 0.3 is 6.18 Å². The molecular formula is C10H10BrF3N4O. The minimum Gasteiger partial charge on any atom is -0.354 e. The second-order valence-corrected chi connectivity index (χ2v) is 4.81. The van der Waals surface area contributed by atoms with Crippen molar-refractivity contribution in [3.05, 3.63) is 16.4 Å². The molecule has 5 nitrogen and oxygen atoms in total. The lowest BCUT2D eigenvalue weighted by molar-refractivity contribution is -0.141. The summed E-state index contributed by atoms with van der Waals surface area (Å²) in [6.07, 6.45) is -3.26. The Bertz CT molecular complexity index is 494. The predicted octanol–water partition coefficient (Wildman–Crippen LogP) is 1.58. The third-order valence-electron chi connectivity index (χ3n) is 2.60. The molecule has 0 radical (unpaired) electrons. The monoisotopic (exact) mass is 338 g/mol. The van der Waals surface area contributed by atoms with Crippen LogP contribution in [0, 0.1) is 0 Å². The molecule has 0 saturated carbocycles. The lowest BCUT2D eigenvalue weighted by atomic mass is 10.4. The van der Waals surface area contributed by atoms with Crippen LogP contribution >= 0.6 is 15.9 Å². The number of hydrogen-bond donors (Lipinski definition) is 1. The van der Waals surface area contributed by atoms with E-state index in [1.54, 1.807) is 4.90 Å². The van der Waals surface area contributed by atoms with E-state index in [1.165, 1.54) is 0 Å². The van der Waals surface area contributed by atoms with Crippen LogP contribution < -0.4 is 10.2 Å². The van der Waals surface area contributed by atoms with Crippen LogP contribution in [0.3, 0.4) is 0 Å². The molecule has 9 heteroatoms. The summed E-state index contributed by atoms with van der Waals surface area (Å²) in [5.74, 6) is -0.150. The smallest absolute Gasteiger partial charge is 0.354 e. The normalized spacial score (nSPS) is 17.1. The van der Waals surface area contributed by atoms with E-state index in [1.807, 2.05) is 0 Å². The molecule has 1 aliphatic rings. The standard InChI is InChI=1S/C10H10BrF3N4O/c11-6-5-16-9(17-8(6)10(12,13)14)18-3-1-7(19)15-2-4-18/h5H,1-4H2,(H,15,19). The van der Waals surface area contributed by atoms with Gasteiger partial charge in [-0.15, -0.1) is 0 Å². The van der Waals surface area contributed by atoms with Crippen molar-refractivity contribution in [2.75, 3.05) is 24.5 Å².